The molecule has 0 amide bonds. The summed E-state index contributed by atoms with van der Waals surface area (Å²) in [6, 6.07) is 7.98. The normalized spacial score (nSPS) is 14.4. The van der Waals surface area contributed by atoms with Gasteiger partial charge in [0.2, 0.25) is 0 Å². The lowest BCUT2D eigenvalue weighted by Gasteiger charge is -2.30. The van der Waals surface area contributed by atoms with Gasteiger partial charge in [-0.25, -0.2) is 0 Å². The third-order valence-electron chi connectivity index (χ3n) is 2.78. The van der Waals surface area contributed by atoms with E-state index in [1.54, 1.807) is 6.08 Å². The zero-order valence-electron chi connectivity index (χ0n) is 10.5. The van der Waals surface area contributed by atoms with E-state index in [1.165, 1.54) is 0 Å². The zero-order valence-corrected chi connectivity index (χ0v) is 10.5. The van der Waals surface area contributed by atoms with Crippen LogP contribution in [0.1, 0.15) is 6.92 Å². The Labute approximate surface area is 107 Å². The van der Waals surface area contributed by atoms with Crippen LogP contribution in [0.2, 0.25) is 0 Å². The van der Waals surface area contributed by atoms with E-state index in [-0.39, 0.29) is 0 Å². The predicted octanol–water partition coefficient (Wildman–Crippen LogP) is 0.915. The van der Waals surface area contributed by atoms with Gasteiger partial charge >= 0.3 is 0 Å². The fourth-order valence-corrected chi connectivity index (χ4v) is 1.80. The van der Waals surface area contributed by atoms with Crippen molar-refractivity contribution in [3.8, 4) is 0 Å². The van der Waals surface area contributed by atoms with E-state index in [0.29, 0.717) is 5.82 Å². The standard InChI is InChI=1S/C15H17N3/c1-4-14(13-8-5-11(2)6-9-13)18-12(3)7-10-15(16)17-18/h4-10,17H,1-2,16H2,3H3. The molecule has 18 heavy (non-hydrogen) atoms. The molecule has 0 fully saturated rings. The number of hydrogen-bond donors (Lipinski definition) is 2. The molecule has 2 rings (SSSR count). The average molecular weight is 239 g/mol. The number of allylic oxidation sites excluding steroid dienone is 3. The number of nitrogens with one attached hydrogen (secondary N) is 1. The monoisotopic (exact) mass is 239 g/mol. The van der Waals surface area contributed by atoms with Crippen LogP contribution in [-0.4, -0.2) is 5.01 Å². The molecule has 3 heteroatoms. The van der Waals surface area contributed by atoms with Crippen molar-refractivity contribution in [3.63, 3.8) is 0 Å². The Morgan fingerprint density at radius 2 is 1.94 bits per heavy atom. The quantitative estimate of drug-likeness (QED) is 0.806. The summed E-state index contributed by atoms with van der Waals surface area (Å²) in [7, 11) is 0. The van der Waals surface area contributed by atoms with Gasteiger partial charge in [0.15, 0.2) is 0 Å². The molecule has 0 saturated carbocycles. The van der Waals surface area contributed by atoms with Gasteiger partial charge in [0, 0.05) is 10.9 Å². The highest BCUT2D eigenvalue weighted by Gasteiger charge is 2.12. The second-order valence-electron chi connectivity index (χ2n) is 4.16. The molecule has 0 radical (unpaired) electrons. The molecule has 0 aliphatic carbocycles. The van der Waals surface area contributed by atoms with Crippen molar-refractivity contribution in [2.45, 2.75) is 6.92 Å². The predicted molar refractivity (Wildman–Crippen MR) is 75.8 cm³/mol. The minimum atomic E-state index is 0.605. The maximum Gasteiger partial charge on any atom is 0.115 e. The molecular weight excluding hydrogens is 222 g/mol. The molecule has 0 bridgehead atoms. The summed E-state index contributed by atoms with van der Waals surface area (Å²) in [6.45, 7) is 9.76. The Morgan fingerprint density at radius 1 is 1.28 bits per heavy atom. The number of nitrogens with two attached hydrogens (primary N) is 1. The molecule has 1 aliphatic heterocycles. The lowest BCUT2D eigenvalue weighted by molar-refractivity contribution is 0.391. The second-order valence-corrected chi connectivity index (χ2v) is 4.16. The molecule has 1 heterocycles. The van der Waals surface area contributed by atoms with Crippen LogP contribution in [0, 0.1) is 0 Å². The van der Waals surface area contributed by atoms with Gasteiger partial charge in [-0.05, 0) is 30.4 Å². The molecule has 1 aromatic rings. The van der Waals surface area contributed by atoms with Crippen molar-refractivity contribution >= 4 is 12.3 Å². The Kier molecular flexibility index (Phi) is 3.24. The second kappa shape index (κ2) is 4.84. The first-order valence-corrected chi connectivity index (χ1v) is 5.74. The highest BCUT2D eigenvalue weighted by molar-refractivity contribution is 5.56. The number of nitrogens with zero attached hydrogens (tertiary/aromatic N) is 1. The first kappa shape index (κ1) is 12.0. The third kappa shape index (κ3) is 2.30. The van der Waals surface area contributed by atoms with Gasteiger partial charge in [-0.1, -0.05) is 37.4 Å². The summed E-state index contributed by atoms with van der Waals surface area (Å²) >= 11 is 0. The lowest BCUT2D eigenvalue weighted by Crippen LogP contribution is -2.40. The Balaban J connectivity index is 2.54. The summed E-state index contributed by atoms with van der Waals surface area (Å²) in [4.78, 5) is 0. The molecule has 0 spiro atoms. The topological polar surface area (TPSA) is 41.3 Å². The van der Waals surface area contributed by atoms with Crippen LogP contribution in [0.15, 0.2) is 60.6 Å². The van der Waals surface area contributed by atoms with Crippen LogP contribution in [0.4, 0.5) is 0 Å². The van der Waals surface area contributed by atoms with E-state index < -0.39 is 0 Å². The van der Waals surface area contributed by atoms with Gasteiger partial charge in [0.05, 0.1) is 5.70 Å². The van der Waals surface area contributed by atoms with Crippen molar-refractivity contribution in [2.75, 3.05) is 0 Å². The van der Waals surface area contributed by atoms with E-state index in [9.17, 15) is 0 Å². The fourth-order valence-electron chi connectivity index (χ4n) is 1.80. The van der Waals surface area contributed by atoms with Gasteiger partial charge in [-0.15, -0.1) is 0 Å². The van der Waals surface area contributed by atoms with Crippen LogP contribution in [-0.2, 0) is 0 Å². The summed E-state index contributed by atoms with van der Waals surface area (Å²) in [5.74, 6) is 0.605. The number of rotatable bonds is 2. The average Bonchev–Trinajstić information content (AvgIpc) is 2.37. The van der Waals surface area contributed by atoms with Crippen molar-refractivity contribution in [1.82, 2.24) is 10.4 Å². The summed E-state index contributed by atoms with van der Waals surface area (Å²) in [5.41, 5.74) is 10.9. The SMILES string of the molecule is C=CC(=c1ccc(=C)cc1)N1NC(N)=CC=C1C. The molecular formula is C15H17N3. The van der Waals surface area contributed by atoms with Gasteiger partial charge in [-0.2, -0.15) is 0 Å². The molecule has 1 aromatic carbocycles. The van der Waals surface area contributed by atoms with Crippen molar-refractivity contribution in [2.24, 2.45) is 5.73 Å². The zero-order chi connectivity index (χ0) is 13.1. The Hall–Kier alpha value is -2.42. The maximum absolute atomic E-state index is 5.79. The van der Waals surface area contributed by atoms with Crippen LogP contribution in [0.3, 0.4) is 0 Å². The van der Waals surface area contributed by atoms with Crippen molar-refractivity contribution < 1.29 is 0 Å². The van der Waals surface area contributed by atoms with Gasteiger partial charge in [-0.3, -0.25) is 10.4 Å². The van der Waals surface area contributed by atoms with Gasteiger partial charge in [0.1, 0.15) is 5.82 Å². The summed E-state index contributed by atoms with van der Waals surface area (Å²) < 4.78 is 0. The molecule has 0 atom stereocenters. The van der Waals surface area contributed by atoms with Crippen LogP contribution >= 0.6 is 0 Å². The van der Waals surface area contributed by atoms with Crippen LogP contribution in [0.5, 0.6) is 0 Å². The van der Waals surface area contributed by atoms with E-state index in [1.807, 2.05) is 48.4 Å². The first-order valence-electron chi connectivity index (χ1n) is 5.74. The molecule has 3 N–H and O–H groups in total. The van der Waals surface area contributed by atoms with Gasteiger partial charge < -0.3 is 5.73 Å². The molecule has 0 saturated heterocycles. The highest BCUT2D eigenvalue weighted by atomic mass is 15.5. The molecule has 0 aromatic heterocycles. The number of hydrogen-bond acceptors (Lipinski definition) is 3. The minimum absolute atomic E-state index is 0.605. The number of benzene rings is 1. The van der Waals surface area contributed by atoms with E-state index in [0.717, 1.165) is 21.8 Å². The van der Waals surface area contributed by atoms with E-state index >= 15 is 0 Å². The van der Waals surface area contributed by atoms with Crippen molar-refractivity contribution in [3.05, 3.63) is 71.0 Å². The largest absolute Gasteiger partial charge is 0.384 e. The first-order chi connectivity index (χ1) is 8.61. The molecule has 1 aliphatic rings. The Morgan fingerprint density at radius 3 is 2.56 bits per heavy atom. The van der Waals surface area contributed by atoms with E-state index in [2.05, 4.69) is 18.6 Å². The molecule has 0 unspecified atom stereocenters. The van der Waals surface area contributed by atoms with Crippen LogP contribution in [0.25, 0.3) is 12.3 Å². The smallest absolute Gasteiger partial charge is 0.115 e. The Bertz CT molecular complexity index is 615. The number of hydrazine groups is 1. The van der Waals surface area contributed by atoms with E-state index in [4.69, 9.17) is 5.73 Å². The highest BCUT2D eigenvalue weighted by Crippen LogP contribution is 2.14. The third-order valence-corrected chi connectivity index (χ3v) is 2.78. The minimum Gasteiger partial charge on any atom is -0.384 e. The lowest BCUT2D eigenvalue weighted by atomic mass is 10.2. The van der Waals surface area contributed by atoms with Crippen molar-refractivity contribution in [1.29, 1.82) is 0 Å². The van der Waals surface area contributed by atoms with Gasteiger partial charge in [0.25, 0.3) is 0 Å². The fraction of sp³-hybridized carbons (Fsp3) is 0.0667. The van der Waals surface area contributed by atoms with Crippen LogP contribution < -0.4 is 21.6 Å². The summed E-state index contributed by atoms with van der Waals surface area (Å²) in [6.07, 6.45) is 5.61. The molecule has 92 valence electrons. The summed E-state index contributed by atoms with van der Waals surface area (Å²) in [5, 5.41) is 3.97. The maximum atomic E-state index is 5.79. The molecule has 3 nitrogen and oxygen atoms in total.